The van der Waals surface area contributed by atoms with Crippen molar-refractivity contribution in [3.63, 3.8) is 0 Å². The summed E-state index contributed by atoms with van der Waals surface area (Å²) in [6, 6.07) is 1.80. The van der Waals surface area contributed by atoms with Gasteiger partial charge in [-0.3, -0.25) is 4.79 Å². The molecule has 2 rings (SSSR count). The third kappa shape index (κ3) is 2.27. The fourth-order valence-corrected chi connectivity index (χ4v) is 2.35. The van der Waals surface area contributed by atoms with Crippen LogP contribution in [0.4, 0.5) is 0 Å². The molecular weight excluding hydrogens is 232 g/mol. The van der Waals surface area contributed by atoms with Gasteiger partial charge >= 0.3 is 0 Å². The van der Waals surface area contributed by atoms with Crippen molar-refractivity contribution in [1.82, 2.24) is 9.55 Å². The number of aryl methyl sites for hydroxylation is 1. The molecule has 2 aromatic rings. The number of Topliss-reactive ketones (excluding diaryl/α,β-unsaturated/α-hetero) is 1. The Kier molecular flexibility index (Phi) is 2.88. The van der Waals surface area contributed by atoms with Crippen LogP contribution in [0.2, 0.25) is 5.02 Å². The first-order chi connectivity index (χ1) is 7.16. The molecule has 5 heteroatoms. The molecule has 0 radical (unpaired) electrons. The lowest BCUT2D eigenvalue weighted by atomic mass is 10.2. The second-order valence-electron chi connectivity index (χ2n) is 3.22. The van der Waals surface area contributed by atoms with Crippen molar-refractivity contribution < 1.29 is 4.79 Å². The number of hydrogen-bond donors (Lipinski definition) is 0. The molecule has 15 heavy (non-hydrogen) atoms. The van der Waals surface area contributed by atoms with Gasteiger partial charge in [-0.05, 0) is 11.4 Å². The summed E-state index contributed by atoms with van der Waals surface area (Å²) in [6.07, 6.45) is 3.65. The van der Waals surface area contributed by atoms with E-state index in [-0.39, 0.29) is 5.78 Å². The fourth-order valence-electron chi connectivity index (χ4n) is 1.24. The average molecular weight is 241 g/mol. The van der Waals surface area contributed by atoms with Gasteiger partial charge in [0.15, 0.2) is 5.78 Å². The summed E-state index contributed by atoms with van der Waals surface area (Å²) in [5.41, 5.74) is 0.488. The number of rotatable bonds is 3. The van der Waals surface area contributed by atoms with E-state index in [9.17, 15) is 4.79 Å². The molecule has 0 amide bonds. The largest absolute Gasteiger partial charge is 0.340 e. The molecule has 0 N–H and O–H groups in total. The maximum absolute atomic E-state index is 11.7. The number of halogens is 1. The lowest BCUT2D eigenvalue weighted by Gasteiger charge is -1.95. The van der Waals surface area contributed by atoms with Crippen LogP contribution >= 0.6 is 22.9 Å². The molecule has 0 saturated carbocycles. The molecule has 2 aromatic heterocycles. The SMILES string of the molecule is Cn1cnc(C(=O)Cc2sccc2Cl)c1. The molecule has 0 unspecified atom stereocenters. The number of nitrogens with zero attached hydrogens (tertiary/aromatic N) is 2. The third-order valence-electron chi connectivity index (χ3n) is 2.00. The number of imidazole rings is 1. The van der Waals surface area contributed by atoms with E-state index < -0.39 is 0 Å². The smallest absolute Gasteiger partial charge is 0.187 e. The van der Waals surface area contributed by atoms with Crippen molar-refractivity contribution in [3.05, 3.63) is 39.6 Å². The summed E-state index contributed by atoms with van der Waals surface area (Å²) in [4.78, 5) is 16.6. The maximum atomic E-state index is 11.7. The zero-order chi connectivity index (χ0) is 10.8. The number of aromatic nitrogens is 2. The molecule has 0 atom stereocenters. The molecule has 0 aliphatic rings. The molecule has 2 heterocycles. The monoisotopic (exact) mass is 240 g/mol. The minimum absolute atomic E-state index is 0.0000463. The summed E-state index contributed by atoms with van der Waals surface area (Å²) in [6.45, 7) is 0. The molecule has 0 aliphatic carbocycles. The summed E-state index contributed by atoms with van der Waals surface area (Å²) in [7, 11) is 1.84. The molecule has 0 bridgehead atoms. The van der Waals surface area contributed by atoms with Gasteiger partial charge in [0.25, 0.3) is 0 Å². The second kappa shape index (κ2) is 4.16. The first-order valence-electron chi connectivity index (χ1n) is 4.40. The number of thiophene rings is 1. The van der Waals surface area contributed by atoms with Gasteiger partial charge in [-0.1, -0.05) is 11.6 Å². The molecule has 0 aliphatic heterocycles. The predicted molar refractivity (Wildman–Crippen MR) is 60.6 cm³/mol. The van der Waals surface area contributed by atoms with Crippen LogP contribution in [0.5, 0.6) is 0 Å². The lowest BCUT2D eigenvalue weighted by molar-refractivity contribution is 0.0989. The van der Waals surface area contributed by atoms with Gasteiger partial charge in [-0.2, -0.15) is 0 Å². The van der Waals surface area contributed by atoms with Crippen LogP contribution in [-0.4, -0.2) is 15.3 Å². The highest BCUT2D eigenvalue weighted by molar-refractivity contribution is 7.10. The lowest BCUT2D eigenvalue weighted by Crippen LogP contribution is -2.02. The number of hydrogen-bond acceptors (Lipinski definition) is 3. The van der Waals surface area contributed by atoms with Crippen LogP contribution < -0.4 is 0 Å². The van der Waals surface area contributed by atoms with E-state index in [4.69, 9.17) is 11.6 Å². The van der Waals surface area contributed by atoms with Crippen LogP contribution in [0.3, 0.4) is 0 Å². The molecule has 0 spiro atoms. The summed E-state index contributed by atoms with van der Waals surface area (Å²) >= 11 is 7.40. The normalized spacial score (nSPS) is 10.5. The van der Waals surface area contributed by atoms with E-state index >= 15 is 0 Å². The van der Waals surface area contributed by atoms with Crippen LogP contribution in [0.15, 0.2) is 24.0 Å². The van der Waals surface area contributed by atoms with Crippen LogP contribution in [0, 0.1) is 0 Å². The molecule has 3 nitrogen and oxygen atoms in total. The molecule has 0 saturated heterocycles. The van der Waals surface area contributed by atoms with Crippen molar-refractivity contribution >= 4 is 28.7 Å². The molecule has 0 aromatic carbocycles. The number of ketones is 1. The Morgan fingerprint density at radius 2 is 2.47 bits per heavy atom. The van der Waals surface area contributed by atoms with Crippen LogP contribution in [0.25, 0.3) is 0 Å². The highest BCUT2D eigenvalue weighted by Gasteiger charge is 2.12. The van der Waals surface area contributed by atoms with Gasteiger partial charge in [-0.15, -0.1) is 11.3 Å². The first-order valence-corrected chi connectivity index (χ1v) is 5.65. The Bertz CT molecular complexity index is 489. The van der Waals surface area contributed by atoms with E-state index in [1.807, 2.05) is 12.4 Å². The van der Waals surface area contributed by atoms with Gasteiger partial charge in [0.05, 0.1) is 11.3 Å². The Morgan fingerprint density at radius 1 is 1.67 bits per heavy atom. The molecule has 0 fully saturated rings. The molecule has 78 valence electrons. The Hall–Kier alpha value is -1.13. The van der Waals surface area contributed by atoms with Gasteiger partial charge in [-0.25, -0.2) is 4.98 Å². The highest BCUT2D eigenvalue weighted by atomic mass is 35.5. The maximum Gasteiger partial charge on any atom is 0.187 e. The summed E-state index contributed by atoms with van der Waals surface area (Å²) in [5, 5.41) is 2.54. The number of carbonyl (C=O) groups is 1. The van der Waals surface area contributed by atoms with E-state index in [0.717, 1.165) is 4.88 Å². The summed E-state index contributed by atoms with van der Waals surface area (Å²) in [5.74, 6) is -0.0000463. The van der Waals surface area contributed by atoms with Gasteiger partial charge in [0.2, 0.25) is 0 Å². The Balaban J connectivity index is 2.14. The van der Waals surface area contributed by atoms with Crippen molar-refractivity contribution in [2.75, 3.05) is 0 Å². The first kappa shape index (κ1) is 10.4. The van der Waals surface area contributed by atoms with E-state index in [0.29, 0.717) is 17.1 Å². The van der Waals surface area contributed by atoms with Gasteiger partial charge in [0, 0.05) is 24.5 Å². The topological polar surface area (TPSA) is 34.9 Å². The second-order valence-corrected chi connectivity index (χ2v) is 4.62. The quantitative estimate of drug-likeness (QED) is 0.773. The fraction of sp³-hybridized carbons (Fsp3) is 0.200. The third-order valence-corrected chi connectivity index (χ3v) is 3.39. The molecular formula is C10H9ClN2OS. The Morgan fingerprint density at radius 3 is 3.00 bits per heavy atom. The minimum atomic E-state index is -0.0000463. The standard InChI is InChI=1S/C10H9ClN2OS/c1-13-5-8(12-6-13)9(14)4-10-7(11)2-3-15-10/h2-3,5-6H,4H2,1H3. The van der Waals surface area contributed by atoms with Gasteiger partial charge < -0.3 is 4.57 Å². The van der Waals surface area contributed by atoms with E-state index in [2.05, 4.69) is 4.98 Å². The van der Waals surface area contributed by atoms with E-state index in [1.54, 1.807) is 23.2 Å². The van der Waals surface area contributed by atoms with E-state index in [1.165, 1.54) is 11.3 Å². The minimum Gasteiger partial charge on any atom is -0.340 e. The van der Waals surface area contributed by atoms with Crippen molar-refractivity contribution in [2.45, 2.75) is 6.42 Å². The zero-order valence-electron chi connectivity index (χ0n) is 8.11. The zero-order valence-corrected chi connectivity index (χ0v) is 9.68. The number of carbonyl (C=O) groups excluding carboxylic acids is 1. The Labute approximate surface area is 96.3 Å². The van der Waals surface area contributed by atoms with Crippen molar-refractivity contribution in [1.29, 1.82) is 0 Å². The predicted octanol–water partition coefficient (Wildman–Crippen LogP) is 2.56. The van der Waals surface area contributed by atoms with Crippen molar-refractivity contribution in [2.24, 2.45) is 7.05 Å². The summed E-state index contributed by atoms with van der Waals surface area (Å²) < 4.78 is 1.75. The van der Waals surface area contributed by atoms with Gasteiger partial charge in [0.1, 0.15) is 5.69 Å². The van der Waals surface area contributed by atoms with Crippen molar-refractivity contribution in [3.8, 4) is 0 Å². The van der Waals surface area contributed by atoms with Crippen LogP contribution in [-0.2, 0) is 13.5 Å². The van der Waals surface area contributed by atoms with Crippen LogP contribution in [0.1, 0.15) is 15.4 Å². The highest BCUT2D eigenvalue weighted by Crippen LogP contribution is 2.23. The average Bonchev–Trinajstić information content (AvgIpc) is 2.77.